The average Bonchev–Trinajstić information content (AvgIpc) is 2.46. The van der Waals surface area contributed by atoms with Gasteiger partial charge in [-0.3, -0.25) is 4.90 Å². The third kappa shape index (κ3) is 4.16. The highest BCUT2D eigenvalue weighted by molar-refractivity contribution is 5.25. The second-order valence-corrected chi connectivity index (χ2v) is 4.68. The summed E-state index contributed by atoms with van der Waals surface area (Å²) in [5, 5.41) is 0. The molecule has 1 saturated heterocycles. The highest BCUT2D eigenvalue weighted by Crippen LogP contribution is 2.18. The Bertz CT molecular complexity index is 387. The maximum absolute atomic E-state index is 5.74. The lowest BCUT2D eigenvalue weighted by Crippen LogP contribution is -2.42. The molecule has 0 unspecified atom stereocenters. The number of hydrogen-bond acceptors (Lipinski definition) is 5. The van der Waals surface area contributed by atoms with Crippen molar-refractivity contribution in [1.82, 2.24) is 9.88 Å². The van der Waals surface area contributed by atoms with Crippen molar-refractivity contribution >= 4 is 0 Å². The molecule has 1 aliphatic heterocycles. The van der Waals surface area contributed by atoms with Crippen LogP contribution in [-0.4, -0.2) is 56.5 Å². The minimum Gasteiger partial charge on any atom is -0.481 e. The van der Waals surface area contributed by atoms with E-state index in [0.717, 1.165) is 44.8 Å². The molecule has 2 rings (SSSR count). The zero-order valence-corrected chi connectivity index (χ0v) is 11.7. The highest BCUT2D eigenvalue weighted by Gasteiger charge is 2.21. The predicted octanol–water partition coefficient (Wildman–Crippen LogP) is 1.33. The number of ether oxygens (including phenoxy) is 3. The summed E-state index contributed by atoms with van der Waals surface area (Å²) in [4.78, 5) is 6.61. The summed E-state index contributed by atoms with van der Waals surface area (Å²) in [5.74, 6) is 0.711. The fraction of sp³-hybridized carbons (Fsp3) is 0.643. The number of pyridine rings is 1. The molecule has 5 nitrogen and oxygen atoms in total. The first kappa shape index (κ1) is 14.2. The topological polar surface area (TPSA) is 43.8 Å². The number of methoxy groups -OCH3 is 2. The van der Waals surface area contributed by atoms with Crippen LogP contribution in [0.15, 0.2) is 18.3 Å². The van der Waals surface area contributed by atoms with E-state index in [2.05, 4.69) is 16.0 Å². The maximum Gasteiger partial charge on any atom is 0.217 e. The van der Waals surface area contributed by atoms with E-state index in [0.29, 0.717) is 5.88 Å². The van der Waals surface area contributed by atoms with Crippen LogP contribution in [0.3, 0.4) is 0 Å². The van der Waals surface area contributed by atoms with Crippen molar-refractivity contribution < 1.29 is 14.2 Å². The van der Waals surface area contributed by atoms with Gasteiger partial charge in [0.15, 0.2) is 0 Å². The van der Waals surface area contributed by atoms with Crippen LogP contribution >= 0.6 is 0 Å². The fourth-order valence-electron chi connectivity index (χ4n) is 2.32. The monoisotopic (exact) mass is 266 g/mol. The molecule has 0 aliphatic carbocycles. The summed E-state index contributed by atoms with van der Waals surface area (Å²) in [6, 6.07) is 4.01. The molecular formula is C14H22N2O3. The third-order valence-electron chi connectivity index (χ3n) is 3.30. The molecular weight excluding hydrogens is 244 g/mol. The van der Waals surface area contributed by atoms with E-state index in [1.54, 1.807) is 20.4 Å². The van der Waals surface area contributed by atoms with Crippen molar-refractivity contribution in [2.24, 2.45) is 0 Å². The molecule has 0 aromatic carbocycles. The molecule has 1 aliphatic rings. The van der Waals surface area contributed by atoms with E-state index in [1.807, 2.05) is 6.07 Å². The first-order valence-electron chi connectivity index (χ1n) is 6.64. The van der Waals surface area contributed by atoms with Crippen molar-refractivity contribution in [3.05, 3.63) is 23.9 Å². The van der Waals surface area contributed by atoms with Crippen molar-refractivity contribution in [1.29, 1.82) is 0 Å². The summed E-state index contributed by atoms with van der Waals surface area (Å²) in [5.41, 5.74) is 1.12. The van der Waals surface area contributed by atoms with Crippen LogP contribution in [0, 0.1) is 0 Å². The van der Waals surface area contributed by atoms with Gasteiger partial charge in [-0.15, -0.1) is 0 Å². The van der Waals surface area contributed by atoms with E-state index < -0.39 is 0 Å². The zero-order chi connectivity index (χ0) is 13.5. The Balaban J connectivity index is 1.91. The van der Waals surface area contributed by atoms with E-state index >= 15 is 0 Å². The largest absolute Gasteiger partial charge is 0.481 e. The summed E-state index contributed by atoms with van der Waals surface area (Å²) in [6.45, 7) is 4.25. The van der Waals surface area contributed by atoms with Gasteiger partial charge in [0, 0.05) is 45.1 Å². The van der Waals surface area contributed by atoms with Gasteiger partial charge >= 0.3 is 0 Å². The fourth-order valence-corrected chi connectivity index (χ4v) is 2.32. The molecule has 1 fully saturated rings. The van der Waals surface area contributed by atoms with Crippen molar-refractivity contribution in [2.45, 2.75) is 19.1 Å². The molecule has 0 saturated carbocycles. The minimum absolute atomic E-state index is 0.261. The van der Waals surface area contributed by atoms with Crippen LogP contribution in [-0.2, 0) is 16.0 Å². The lowest BCUT2D eigenvalue weighted by atomic mass is 10.2. The van der Waals surface area contributed by atoms with Crippen LogP contribution in [0.5, 0.6) is 5.88 Å². The van der Waals surface area contributed by atoms with Crippen LogP contribution < -0.4 is 4.74 Å². The van der Waals surface area contributed by atoms with Gasteiger partial charge in [0.25, 0.3) is 0 Å². The Kier molecular flexibility index (Phi) is 5.57. The average molecular weight is 266 g/mol. The van der Waals surface area contributed by atoms with Gasteiger partial charge in [0.05, 0.1) is 19.8 Å². The Morgan fingerprint density at radius 2 is 2.37 bits per heavy atom. The number of morpholine rings is 1. The van der Waals surface area contributed by atoms with Gasteiger partial charge in [0.1, 0.15) is 0 Å². The molecule has 0 radical (unpaired) electrons. The van der Waals surface area contributed by atoms with Gasteiger partial charge in [-0.2, -0.15) is 0 Å². The number of rotatable bonds is 6. The smallest absolute Gasteiger partial charge is 0.217 e. The van der Waals surface area contributed by atoms with Crippen LogP contribution in [0.4, 0.5) is 0 Å². The van der Waals surface area contributed by atoms with Crippen molar-refractivity contribution in [3.63, 3.8) is 0 Å². The Hall–Kier alpha value is -1.17. The van der Waals surface area contributed by atoms with Gasteiger partial charge in [0.2, 0.25) is 5.88 Å². The van der Waals surface area contributed by atoms with E-state index in [-0.39, 0.29) is 6.10 Å². The van der Waals surface area contributed by atoms with E-state index in [1.165, 1.54) is 0 Å². The predicted molar refractivity (Wildman–Crippen MR) is 72.3 cm³/mol. The van der Waals surface area contributed by atoms with Crippen LogP contribution in [0.25, 0.3) is 0 Å². The molecule has 1 aromatic heterocycles. The number of hydrogen-bond donors (Lipinski definition) is 0. The normalized spacial score (nSPS) is 20.4. The van der Waals surface area contributed by atoms with Crippen molar-refractivity contribution in [3.8, 4) is 5.88 Å². The molecule has 0 amide bonds. The van der Waals surface area contributed by atoms with Crippen LogP contribution in [0.2, 0.25) is 0 Å². The second kappa shape index (κ2) is 7.43. The maximum atomic E-state index is 5.74. The summed E-state index contributed by atoms with van der Waals surface area (Å²) >= 11 is 0. The molecule has 0 bridgehead atoms. The summed E-state index contributed by atoms with van der Waals surface area (Å²) in [6.07, 6.45) is 2.96. The quantitative estimate of drug-likeness (QED) is 0.777. The summed E-state index contributed by atoms with van der Waals surface area (Å²) < 4.78 is 16.1. The lowest BCUT2D eigenvalue weighted by molar-refractivity contribution is -0.0434. The molecule has 0 N–H and O–H groups in total. The number of nitrogens with zero attached hydrogens (tertiary/aromatic N) is 2. The first-order chi connectivity index (χ1) is 9.33. The van der Waals surface area contributed by atoms with Gasteiger partial charge < -0.3 is 14.2 Å². The molecule has 1 aromatic rings. The Morgan fingerprint density at radius 1 is 1.47 bits per heavy atom. The molecule has 0 spiro atoms. The van der Waals surface area contributed by atoms with Gasteiger partial charge in [-0.1, -0.05) is 6.07 Å². The molecule has 2 heterocycles. The summed E-state index contributed by atoms with van der Waals surface area (Å²) in [7, 11) is 3.38. The van der Waals surface area contributed by atoms with Crippen molar-refractivity contribution in [2.75, 3.05) is 40.5 Å². The van der Waals surface area contributed by atoms with E-state index in [4.69, 9.17) is 14.2 Å². The zero-order valence-electron chi connectivity index (χ0n) is 11.7. The standard InChI is InChI=1S/C14H22N2O3/c1-17-8-5-13-11-16(7-9-19-13)10-12-4-3-6-15-14(12)18-2/h3-4,6,13H,5,7-11H2,1-2H3/t13-/m0/s1. The SMILES string of the molecule is COCC[C@H]1CN(Cc2cccnc2OC)CCO1. The third-order valence-corrected chi connectivity index (χ3v) is 3.30. The molecule has 5 heteroatoms. The molecule has 1 atom stereocenters. The van der Waals surface area contributed by atoms with Gasteiger partial charge in [-0.05, 0) is 12.5 Å². The molecule has 19 heavy (non-hydrogen) atoms. The number of aromatic nitrogens is 1. The van der Waals surface area contributed by atoms with Crippen LogP contribution in [0.1, 0.15) is 12.0 Å². The Labute approximate surface area is 114 Å². The minimum atomic E-state index is 0.261. The van der Waals surface area contributed by atoms with E-state index in [9.17, 15) is 0 Å². The second-order valence-electron chi connectivity index (χ2n) is 4.68. The highest BCUT2D eigenvalue weighted by atomic mass is 16.5. The molecule has 106 valence electrons. The first-order valence-corrected chi connectivity index (χ1v) is 6.64. The van der Waals surface area contributed by atoms with Gasteiger partial charge in [-0.25, -0.2) is 4.98 Å². The Morgan fingerprint density at radius 3 is 3.16 bits per heavy atom. The lowest BCUT2D eigenvalue weighted by Gasteiger charge is -2.33.